The van der Waals surface area contributed by atoms with Gasteiger partial charge in [-0.1, -0.05) is 18.2 Å². The van der Waals surface area contributed by atoms with Crippen molar-refractivity contribution in [1.29, 1.82) is 0 Å². The minimum Gasteiger partial charge on any atom is -0.444 e. The molecule has 7 nitrogen and oxygen atoms in total. The predicted octanol–water partition coefficient (Wildman–Crippen LogP) is 2.07. The second-order valence-electron chi connectivity index (χ2n) is 7.42. The zero-order chi connectivity index (χ0) is 19.2. The smallest absolute Gasteiger partial charge is 0.226 e. The third-order valence-corrected chi connectivity index (χ3v) is 5.42. The number of ether oxygens (including phenoxy) is 1. The van der Waals surface area contributed by atoms with E-state index in [1.165, 1.54) is 6.42 Å². The molecule has 1 unspecified atom stereocenters. The first-order valence-corrected chi connectivity index (χ1v) is 10.1. The first-order valence-electron chi connectivity index (χ1n) is 10.1. The van der Waals surface area contributed by atoms with Crippen LogP contribution < -0.4 is 5.32 Å². The van der Waals surface area contributed by atoms with Crippen LogP contribution >= 0.6 is 0 Å². The van der Waals surface area contributed by atoms with Gasteiger partial charge in [-0.15, -0.1) is 0 Å². The minimum absolute atomic E-state index is 0.605. The molecule has 2 fully saturated rings. The van der Waals surface area contributed by atoms with Gasteiger partial charge in [-0.25, -0.2) is 4.98 Å². The SMILES string of the molecule is CN=C(NCc1coc(-c2ccccc2)n1)N1CCC(CN2CCOCC2)C1. The minimum atomic E-state index is 0.605. The van der Waals surface area contributed by atoms with E-state index in [-0.39, 0.29) is 0 Å². The van der Waals surface area contributed by atoms with Crippen molar-refractivity contribution in [2.45, 2.75) is 13.0 Å². The van der Waals surface area contributed by atoms with Crippen LogP contribution in [-0.2, 0) is 11.3 Å². The number of rotatable bonds is 5. The largest absolute Gasteiger partial charge is 0.444 e. The quantitative estimate of drug-likeness (QED) is 0.630. The maximum Gasteiger partial charge on any atom is 0.226 e. The number of oxazole rings is 1. The molecule has 1 N–H and O–H groups in total. The van der Waals surface area contributed by atoms with Gasteiger partial charge in [0.2, 0.25) is 5.89 Å². The zero-order valence-corrected chi connectivity index (χ0v) is 16.5. The Morgan fingerprint density at radius 3 is 2.82 bits per heavy atom. The third-order valence-electron chi connectivity index (χ3n) is 5.42. The summed E-state index contributed by atoms with van der Waals surface area (Å²) in [6.07, 6.45) is 2.92. The lowest BCUT2D eigenvalue weighted by molar-refractivity contribution is 0.0315. The summed E-state index contributed by atoms with van der Waals surface area (Å²) in [5.74, 6) is 2.28. The van der Waals surface area contributed by atoms with Crippen LogP contribution in [0.5, 0.6) is 0 Å². The number of guanidine groups is 1. The first-order chi connectivity index (χ1) is 13.8. The summed E-state index contributed by atoms with van der Waals surface area (Å²) in [6.45, 7) is 7.69. The average molecular weight is 383 g/mol. The van der Waals surface area contributed by atoms with Gasteiger partial charge in [-0.05, 0) is 24.5 Å². The summed E-state index contributed by atoms with van der Waals surface area (Å²) in [6, 6.07) is 9.96. The lowest BCUT2D eigenvalue weighted by Gasteiger charge is -2.29. The molecule has 4 rings (SSSR count). The lowest BCUT2D eigenvalue weighted by Crippen LogP contribution is -2.42. The van der Waals surface area contributed by atoms with Gasteiger partial charge in [0.05, 0.1) is 25.5 Å². The van der Waals surface area contributed by atoms with E-state index in [0.717, 1.165) is 63.2 Å². The summed E-state index contributed by atoms with van der Waals surface area (Å²) < 4.78 is 11.1. The molecule has 28 heavy (non-hydrogen) atoms. The van der Waals surface area contributed by atoms with Crippen molar-refractivity contribution in [2.24, 2.45) is 10.9 Å². The molecule has 2 aliphatic heterocycles. The van der Waals surface area contributed by atoms with Crippen molar-refractivity contribution >= 4 is 5.96 Å². The first kappa shape index (κ1) is 19.0. The van der Waals surface area contributed by atoms with Crippen LogP contribution in [0.15, 0.2) is 46.0 Å². The Morgan fingerprint density at radius 2 is 2.04 bits per heavy atom. The van der Waals surface area contributed by atoms with E-state index in [2.05, 4.69) is 25.1 Å². The molecule has 0 aliphatic carbocycles. The highest BCUT2D eigenvalue weighted by atomic mass is 16.5. The van der Waals surface area contributed by atoms with E-state index in [4.69, 9.17) is 9.15 Å². The van der Waals surface area contributed by atoms with Gasteiger partial charge in [-0.2, -0.15) is 0 Å². The fraction of sp³-hybridized carbons (Fsp3) is 0.524. The van der Waals surface area contributed by atoms with Crippen molar-refractivity contribution in [3.05, 3.63) is 42.3 Å². The molecule has 0 radical (unpaired) electrons. The lowest BCUT2D eigenvalue weighted by atomic mass is 10.1. The van der Waals surface area contributed by atoms with Crippen molar-refractivity contribution in [1.82, 2.24) is 20.1 Å². The van der Waals surface area contributed by atoms with Crippen LogP contribution in [-0.4, -0.2) is 73.7 Å². The van der Waals surface area contributed by atoms with Gasteiger partial charge in [0.1, 0.15) is 6.26 Å². The normalized spacial score (nSPS) is 21.2. The molecule has 2 aliphatic rings. The van der Waals surface area contributed by atoms with Crippen LogP contribution in [0.3, 0.4) is 0 Å². The predicted molar refractivity (Wildman–Crippen MR) is 109 cm³/mol. The number of morpholine rings is 1. The van der Waals surface area contributed by atoms with E-state index in [1.54, 1.807) is 6.26 Å². The van der Waals surface area contributed by atoms with Crippen molar-refractivity contribution in [3.63, 3.8) is 0 Å². The van der Waals surface area contributed by atoms with E-state index < -0.39 is 0 Å². The fourth-order valence-electron chi connectivity index (χ4n) is 3.93. The van der Waals surface area contributed by atoms with Gasteiger partial charge in [0, 0.05) is 45.3 Å². The Labute approximate surface area is 166 Å². The summed E-state index contributed by atoms with van der Waals surface area (Å²) in [7, 11) is 1.84. The highest BCUT2D eigenvalue weighted by molar-refractivity contribution is 5.80. The van der Waals surface area contributed by atoms with Gasteiger partial charge >= 0.3 is 0 Å². The van der Waals surface area contributed by atoms with Crippen molar-refractivity contribution in [2.75, 3.05) is 53.0 Å². The summed E-state index contributed by atoms with van der Waals surface area (Å²) in [5, 5.41) is 3.44. The van der Waals surface area contributed by atoms with E-state index in [9.17, 15) is 0 Å². The number of likely N-dealkylation sites (tertiary alicyclic amines) is 1. The maximum atomic E-state index is 5.62. The monoisotopic (exact) mass is 383 g/mol. The Balaban J connectivity index is 1.28. The van der Waals surface area contributed by atoms with Gasteiger partial charge in [-0.3, -0.25) is 9.89 Å². The molecule has 0 saturated carbocycles. The number of aliphatic imine (C=N–C) groups is 1. The van der Waals surface area contributed by atoms with E-state index >= 15 is 0 Å². The number of hydrogen-bond acceptors (Lipinski definition) is 5. The molecule has 1 aromatic carbocycles. The van der Waals surface area contributed by atoms with Crippen LogP contribution in [0.25, 0.3) is 11.5 Å². The van der Waals surface area contributed by atoms with Gasteiger partial charge < -0.3 is 19.4 Å². The third kappa shape index (κ3) is 4.72. The second-order valence-corrected chi connectivity index (χ2v) is 7.42. The molecule has 2 aromatic rings. The second kappa shape index (κ2) is 9.21. The molecular formula is C21H29N5O2. The topological polar surface area (TPSA) is 66.1 Å². The summed E-state index contributed by atoms with van der Waals surface area (Å²) >= 11 is 0. The maximum absolute atomic E-state index is 5.62. The van der Waals surface area contributed by atoms with Crippen LogP contribution in [0.2, 0.25) is 0 Å². The molecule has 150 valence electrons. The number of nitrogens with one attached hydrogen (secondary N) is 1. The molecule has 0 spiro atoms. The number of hydrogen-bond donors (Lipinski definition) is 1. The molecule has 2 saturated heterocycles. The Morgan fingerprint density at radius 1 is 1.21 bits per heavy atom. The molecule has 3 heterocycles. The van der Waals surface area contributed by atoms with Crippen molar-refractivity contribution < 1.29 is 9.15 Å². The Hall–Kier alpha value is -2.38. The fourth-order valence-corrected chi connectivity index (χ4v) is 3.93. The van der Waals surface area contributed by atoms with Crippen molar-refractivity contribution in [3.8, 4) is 11.5 Å². The van der Waals surface area contributed by atoms with E-state index in [1.807, 2.05) is 37.4 Å². The number of benzene rings is 1. The highest BCUT2D eigenvalue weighted by Gasteiger charge is 2.27. The summed E-state index contributed by atoms with van der Waals surface area (Å²) in [5.41, 5.74) is 1.87. The molecular weight excluding hydrogens is 354 g/mol. The molecule has 1 aromatic heterocycles. The van der Waals surface area contributed by atoms with Gasteiger partial charge in [0.15, 0.2) is 5.96 Å². The summed E-state index contributed by atoms with van der Waals surface area (Å²) in [4.78, 5) is 13.9. The molecule has 0 amide bonds. The Kier molecular flexibility index (Phi) is 6.24. The highest BCUT2D eigenvalue weighted by Crippen LogP contribution is 2.19. The average Bonchev–Trinajstić information content (AvgIpc) is 3.40. The van der Waals surface area contributed by atoms with Crippen LogP contribution in [0, 0.1) is 5.92 Å². The number of aromatic nitrogens is 1. The molecule has 7 heteroatoms. The number of nitrogens with zero attached hydrogens (tertiary/aromatic N) is 4. The van der Waals surface area contributed by atoms with Crippen LogP contribution in [0.4, 0.5) is 0 Å². The molecule has 0 bridgehead atoms. The van der Waals surface area contributed by atoms with Gasteiger partial charge in [0.25, 0.3) is 0 Å². The molecule has 1 atom stereocenters. The standard InChI is InChI=1S/C21H29N5O2/c1-22-21(26-8-7-17(15-26)14-25-9-11-27-12-10-25)23-13-19-16-28-20(24-19)18-5-3-2-4-6-18/h2-6,16-17H,7-15H2,1H3,(H,22,23). The zero-order valence-electron chi connectivity index (χ0n) is 16.5. The Bertz CT molecular complexity index is 770. The van der Waals surface area contributed by atoms with Crippen LogP contribution in [0.1, 0.15) is 12.1 Å². The van der Waals surface area contributed by atoms with E-state index in [0.29, 0.717) is 18.4 Å².